The summed E-state index contributed by atoms with van der Waals surface area (Å²) in [6.07, 6.45) is 0. The minimum Gasteiger partial charge on any atom is -0.279 e. The second-order valence-electron chi connectivity index (χ2n) is 7.67. The predicted molar refractivity (Wildman–Crippen MR) is 124 cm³/mol. The van der Waals surface area contributed by atoms with Crippen molar-refractivity contribution in [3.8, 4) is 5.69 Å². The number of aromatic nitrogens is 2. The van der Waals surface area contributed by atoms with Gasteiger partial charge in [0.25, 0.3) is 15.6 Å². The lowest BCUT2D eigenvalue weighted by Gasteiger charge is -2.15. The standard InChI is InChI=1S/C24H23N3O3S/c1-15-9-11-20(14-16(15)2)31(29,30)26-22-12-10-19(13-17(22)3)27-18(4)25-23-8-6-5-7-21(23)24(27)28/h5-14,26H,1-4H3. The van der Waals surface area contributed by atoms with Crippen molar-refractivity contribution in [1.29, 1.82) is 0 Å². The van der Waals surface area contributed by atoms with E-state index >= 15 is 0 Å². The molecule has 31 heavy (non-hydrogen) atoms. The third kappa shape index (κ3) is 3.84. The van der Waals surface area contributed by atoms with E-state index in [0.717, 1.165) is 11.1 Å². The summed E-state index contributed by atoms with van der Waals surface area (Å²) in [5.74, 6) is 0.562. The second-order valence-corrected chi connectivity index (χ2v) is 9.35. The van der Waals surface area contributed by atoms with E-state index in [1.54, 1.807) is 62.4 Å². The van der Waals surface area contributed by atoms with Crippen molar-refractivity contribution in [3.05, 3.63) is 93.5 Å². The molecule has 0 spiro atoms. The van der Waals surface area contributed by atoms with Gasteiger partial charge in [0.2, 0.25) is 0 Å². The Hall–Kier alpha value is -3.45. The molecule has 3 aromatic carbocycles. The molecule has 0 aliphatic heterocycles. The van der Waals surface area contributed by atoms with Crippen LogP contribution in [0.3, 0.4) is 0 Å². The average molecular weight is 434 g/mol. The largest absolute Gasteiger partial charge is 0.279 e. The Bertz CT molecular complexity index is 1490. The molecule has 1 N–H and O–H groups in total. The smallest absolute Gasteiger partial charge is 0.265 e. The Labute approximate surface area is 181 Å². The molecule has 0 aliphatic carbocycles. The van der Waals surface area contributed by atoms with E-state index in [4.69, 9.17) is 0 Å². The normalized spacial score (nSPS) is 11.6. The highest BCUT2D eigenvalue weighted by atomic mass is 32.2. The van der Waals surface area contributed by atoms with Gasteiger partial charge in [0.15, 0.2) is 0 Å². The quantitative estimate of drug-likeness (QED) is 0.517. The van der Waals surface area contributed by atoms with Crippen LogP contribution in [0.4, 0.5) is 5.69 Å². The van der Waals surface area contributed by atoms with Gasteiger partial charge in [-0.2, -0.15) is 0 Å². The van der Waals surface area contributed by atoms with E-state index in [1.807, 2.05) is 26.0 Å². The first kappa shape index (κ1) is 20.8. The van der Waals surface area contributed by atoms with Gasteiger partial charge in [-0.15, -0.1) is 0 Å². The molecule has 7 heteroatoms. The number of sulfonamides is 1. The first-order chi connectivity index (χ1) is 14.7. The first-order valence-corrected chi connectivity index (χ1v) is 11.4. The number of aryl methyl sites for hydroxylation is 4. The molecule has 1 aromatic heterocycles. The highest BCUT2D eigenvalue weighted by molar-refractivity contribution is 7.92. The molecule has 4 rings (SSSR count). The monoisotopic (exact) mass is 433 g/mol. The molecular formula is C24H23N3O3S. The van der Waals surface area contributed by atoms with E-state index in [-0.39, 0.29) is 10.5 Å². The third-order valence-corrected chi connectivity index (χ3v) is 6.81. The van der Waals surface area contributed by atoms with Gasteiger partial charge >= 0.3 is 0 Å². The number of rotatable bonds is 4. The Morgan fingerprint density at radius 3 is 2.29 bits per heavy atom. The van der Waals surface area contributed by atoms with Crippen LogP contribution in [-0.2, 0) is 10.0 Å². The molecule has 6 nitrogen and oxygen atoms in total. The van der Waals surface area contributed by atoms with Crippen LogP contribution < -0.4 is 10.3 Å². The van der Waals surface area contributed by atoms with Crippen molar-refractivity contribution in [2.75, 3.05) is 4.72 Å². The average Bonchev–Trinajstić information content (AvgIpc) is 2.72. The number of hydrogen-bond acceptors (Lipinski definition) is 4. The maximum atomic E-state index is 13.0. The highest BCUT2D eigenvalue weighted by Crippen LogP contribution is 2.24. The molecule has 0 amide bonds. The molecule has 0 atom stereocenters. The van der Waals surface area contributed by atoms with Crippen LogP contribution in [0.5, 0.6) is 0 Å². The van der Waals surface area contributed by atoms with Gasteiger partial charge in [0.05, 0.1) is 27.2 Å². The van der Waals surface area contributed by atoms with E-state index in [1.165, 1.54) is 4.57 Å². The third-order valence-electron chi connectivity index (χ3n) is 5.44. The van der Waals surface area contributed by atoms with Crippen molar-refractivity contribution in [3.63, 3.8) is 0 Å². The maximum Gasteiger partial charge on any atom is 0.265 e. The van der Waals surface area contributed by atoms with Crippen LogP contribution in [0, 0.1) is 27.7 Å². The van der Waals surface area contributed by atoms with Crippen molar-refractivity contribution < 1.29 is 8.42 Å². The zero-order valence-corrected chi connectivity index (χ0v) is 18.6. The number of benzene rings is 3. The molecular weight excluding hydrogens is 410 g/mol. The summed E-state index contributed by atoms with van der Waals surface area (Å²) in [5.41, 5.74) is 4.22. The lowest BCUT2D eigenvalue weighted by Crippen LogP contribution is -2.22. The van der Waals surface area contributed by atoms with Gasteiger partial charge in [-0.1, -0.05) is 18.2 Å². The maximum absolute atomic E-state index is 13.0. The fraction of sp³-hybridized carbons (Fsp3) is 0.167. The van der Waals surface area contributed by atoms with E-state index in [9.17, 15) is 13.2 Å². The van der Waals surface area contributed by atoms with Crippen molar-refractivity contribution in [1.82, 2.24) is 9.55 Å². The van der Waals surface area contributed by atoms with Crippen molar-refractivity contribution in [2.24, 2.45) is 0 Å². The van der Waals surface area contributed by atoms with Crippen molar-refractivity contribution in [2.45, 2.75) is 32.6 Å². The number of nitrogens with one attached hydrogen (secondary N) is 1. The highest BCUT2D eigenvalue weighted by Gasteiger charge is 2.17. The zero-order valence-electron chi connectivity index (χ0n) is 17.8. The van der Waals surface area contributed by atoms with Crippen LogP contribution in [0.25, 0.3) is 16.6 Å². The molecule has 1 heterocycles. The van der Waals surface area contributed by atoms with Gasteiger partial charge in [-0.05, 0) is 86.8 Å². The molecule has 0 aliphatic rings. The molecule has 0 unspecified atom stereocenters. The van der Waals surface area contributed by atoms with E-state index < -0.39 is 10.0 Å². The number of para-hydroxylation sites is 1. The van der Waals surface area contributed by atoms with Crippen LogP contribution >= 0.6 is 0 Å². The number of nitrogens with zero attached hydrogens (tertiary/aromatic N) is 2. The Balaban J connectivity index is 1.73. The Morgan fingerprint density at radius 2 is 1.58 bits per heavy atom. The summed E-state index contributed by atoms with van der Waals surface area (Å²) >= 11 is 0. The summed E-state index contributed by atoms with van der Waals surface area (Å²) in [7, 11) is -3.73. The molecule has 158 valence electrons. The molecule has 4 aromatic rings. The first-order valence-electron chi connectivity index (χ1n) is 9.87. The molecule has 0 bridgehead atoms. The molecule has 0 fully saturated rings. The zero-order chi connectivity index (χ0) is 22.3. The van der Waals surface area contributed by atoms with Crippen LogP contribution in [-0.4, -0.2) is 18.0 Å². The number of hydrogen-bond donors (Lipinski definition) is 1. The van der Waals surface area contributed by atoms with Gasteiger partial charge in [0, 0.05) is 0 Å². The van der Waals surface area contributed by atoms with Crippen molar-refractivity contribution >= 4 is 26.6 Å². The number of fused-ring (bicyclic) bond motifs is 1. The summed E-state index contributed by atoms with van der Waals surface area (Å²) in [6.45, 7) is 7.40. The van der Waals surface area contributed by atoms with Crippen LogP contribution in [0.15, 0.2) is 70.4 Å². The predicted octanol–water partition coefficient (Wildman–Crippen LogP) is 4.42. The lowest BCUT2D eigenvalue weighted by atomic mass is 10.1. The van der Waals surface area contributed by atoms with Gasteiger partial charge in [-0.25, -0.2) is 13.4 Å². The summed E-state index contributed by atoms with van der Waals surface area (Å²) < 4.78 is 29.9. The fourth-order valence-corrected chi connectivity index (χ4v) is 4.75. The summed E-state index contributed by atoms with van der Waals surface area (Å²) in [6, 6.07) is 17.4. The van der Waals surface area contributed by atoms with Gasteiger partial charge in [0.1, 0.15) is 5.82 Å². The minimum absolute atomic E-state index is 0.161. The minimum atomic E-state index is -3.73. The van der Waals surface area contributed by atoms with Gasteiger partial charge < -0.3 is 0 Å². The SMILES string of the molecule is Cc1ccc(S(=O)(=O)Nc2ccc(-n3c(C)nc4ccccc4c3=O)cc2C)cc1C. The lowest BCUT2D eigenvalue weighted by molar-refractivity contribution is 0.601. The summed E-state index contributed by atoms with van der Waals surface area (Å²) in [4.78, 5) is 17.8. The molecule has 0 saturated heterocycles. The summed E-state index contributed by atoms with van der Waals surface area (Å²) in [5, 5.41) is 0.533. The van der Waals surface area contributed by atoms with Crippen LogP contribution in [0.1, 0.15) is 22.5 Å². The Kier molecular flexibility index (Phi) is 5.15. The van der Waals surface area contributed by atoms with Crippen LogP contribution in [0.2, 0.25) is 0 Å². The van der Waals surface area contributed by atoms with E-state index in [2.05, 4.69) is 9.71 Å². The number of anilines is 1. The van der Waals surface area contributed by atoms with E-state index in [0.29, 0.717) is 33.7 Å². The topological polar surface area (TPSA) is 81.1 Å². The molecule has 0 radical (unpaired) electrons. The molecule has 0 saturated carbocycles. The second kappa shape index (κ2) is 7.67. The fourth-order valence-electron chi connectivity index (χ4n) is 3.53. The van der Waals surface area contributed by atoms with Gasteiger partial charge in [-0.3, -0.25) is 14.1 Å². The Morgan fingerprint density at radius 1 is 0.839 bits per heavy atom.